The number of hydrogen-bond donors (Lipinski definition) is 1. The zero-order valence-electron chi connectivity index (χ0n) is 14.3. The molecular weight excluding hydrogens is 318 g/mol. The Morgan fingerprint density at radius 1 is 1.26 bits per heavy atom. The van der Waals surface area contributed by atoms with Crippen molar-refractivity contribution in [2.75, 3.05) is 45.2 Å². The van der Waals surface area contributed by atoms with Crippen LogP contribution in [0.3, 0.4) is 0 Å². The summed E-state index contributed by atoms with van der Waals surface area (Å²) in [6, 6.07) is 5.50. The van der Waals surface area contributed by atoms with E-state index in [0.29, 0.717) is 18.8 Å². The summed E-state index contributed by atoms with van der Waals surface area (Å²) in [4.78, 5) is 12.1. The van der Waals surface area contributed by atoms with Crippen molar-refractivity contribution in [3.63, 3.8) is 0 Å². The summed E-state index contributed by atoms with van der Waals surface area (Å²) >= 11 is 0. The Labute approximate surface area is 138 Å². The fourth-order valence-electron chi connectivity index (χ4n) is 1.96. The molecule has 1 aromatic carbocycles. The van der Waals surface area contributed by atoms with E-state index < -0.39 is 10.2 Å². The van der Waals surface area contributed by atoms with Gasteiger partial charge in [-0.1, -0.05) is 12.1 Å². The van der Waals surface area contributed by atoms with Crippen LogP contribution >= 0.6 is 0 Å². The van der Waals surface area contributed by atoms with Crippen LogP contribution in [0.25, 0.3) is 0 Å². The molecule has 1 N–H and O–H groups in total. The Hall–Kier alpha value is -1.64. The van der Waals surface area contributed by atoms with E-state index in [1.54, 1.807) is 6.07 Å². The van der Waals surface area contributed by atoms with Gasteiger partial charge in [0.25, 0.3) is 0 Å². The van der Waals surface area contributed by atoms with E-state index in [0.717, 1.165) is 19.7 Å². The lowest BCUT2D eigenvalue weighted by Gasteiger charge is -2.28. The Morgan fingerprint density at radius 2 is 1.91 bits per heavy atom. The number of nitrogens with one attached hydrogen (secondary N) is 1. The van der Waals surface area contributed by atoms with Crippen LogP contribution < -0.4 is 9.62 Å². The van der Waals surface area contributed by atoms with Crippen molar-refractivity contribution in [2.24, 2.45) is 0 Å². The van der Waals surface area contributed by atoms with Crippen molar-refractivity contribution in [1.29, 1.82) is 0 Å². The third-order valence-corrected chi connectivity index (χ3v) is 5.09. The van der Waals surface area contributed by atoms with Crippen LogP contribution in [0.1, 0.15) is 11.1 Å². The van der Waals surface area contributed by atoms with E-state index in [-0.39, 0.29) is 12.5 Å². The molecular formula is C15H25N3O4S. The number of methoxy groups -OCH3 is 1. The molecule has 1 amide bonds. The van der Waals surface area contributed by atoms with Crippen LogP contribution in [-0.4, -0.2) is 59.5 Å². The van der Waals surface area contributed by atoms with E-state index in [4.69, 9.17) is 4.74 Å². The first-order chi connectivity index (χ1) is 10.7. The maximum absolute atomic E-state index is 12.6. The summed E-state index contributed by atoms with van der Waals surface area (Å²) in [5, 5.41) is 2.64. The second-order valence-electron chi connectivity index (χ2n) is 5.43. The lowest BCUT2D eigenvalue weighted by molar-refractivity contribution is -0.119. The molecule has 0 saturated heterocycles. The number of ether oxygens (including phenoxy) is 1. The Balaban J connectivity index is 3.13. The van der Waals surface area contributed by atoms with Crippen LogP contribution in [0.2, 0.25) is 0 Å². The van der Waals surface area contributed by atoms with Crippen LogP contribution in [0, 0.1) is 13.8 Å². The van der Waals surface area contributed by atoms with E-state index in [2.05, 4.69) is 5.32 Å². The number of carbonyl (C=O) groups excluding carboxylic acids is 1. The zero-order valence-corrected chi connectivity index (χ0v) is 15.1. The maximum Gasteiger partial charge on any atom is 0.304 e. The van der Waals surface area contributed by atoms with Gasteiger partial charge in [-0.25, -0.2) is 4.31 Å². The molecule has 0 radical (unpaired) electrons. The number of nitrogens with zero attached hydrogens (tertiary/aromatic N) is 2. The standard InChI is InChI=1S/C15H25N3O4S/c1-12-6-7-13(2)14(10-12)18(23(20,21)17(3)4)11-15(19)16-8-9-22-5/h6-7,10H,8-9,11H2,1-5H3,(H,16,19). The predicted molar refractivity (Wildman–Crippen MR) is 90.8 cm³/mol. The minimum absolute atomic E-state index is 0.283. The number of rotatable bonds is 8. The minimum Gasteiger partial charge on any atom is -0.383 e. The van der Waals surface area contributed by atoms with Crippen molar-refractivity contribution in [2.45, 2.75) is 13.8 Å². The highest BCUT2D eigenvalue weighted by Crippen LogP contribution is 2.25. The van der Waals surface area contributed by atoms with Gasteiger partial charge in [0, 0.05) is 27.7 Å². The normalized spacial score (nSPS) is 11.6. The third-order valence-electron chi connectivity index (χ3n) is 3.29. The molecule has 130 valence electrons. The first-order valence-electron chi connectivity index (χ1n) is 7.23. The molecule has 1 aromatic rings. The second-order valence-corrected chi connectivity index (χ2v) is 7.50. The van der Waals surface area contributed by atoms with Gasteiger partial charge in [0.1, 0.15) is 6.54 Å². The summed E-state index contributed by atoms with van der Waals surface area (Å²) in [5.74, 6) is -0.381. The Kier molecular flexibility index (Phi) is 6.99. The molecule has 7 nitrogen and oxygen atoms in total. The molecule has 0 atom stereocenters. The number of anilines is 1. The van der Waals surface area contributed by atoms with Gasteiger partial charge in [-0.05, 0) is 31.0 Å². The quantitative estimate of drug-likeness (QED) is 0.704. The summed E-state index contributed by atoms with van der Waals surface area (Å²) in [5.41, 5.74) is 2.20. The van der Waals surface area contributed by atoms with Crippen LogP contribution in [0.15, 0.2) is 18.2 Å². The van der Waals surface area contributed by atoms with E-state index in [1.165, 1.54) is 21.2 Å². The predicted octanol–water partition coefficient (Wildman–Crippen LogP) is 0.679. The maximum atomic E-state index is 12.6. The van der Waals surface area contributed by atoms with Crippen LogP contribution in [0.4, 0.5) is 5.69 Å². The molecule has 1 rings (SSSR count). The van der Waals surface area contributed by atoms with Gasteiger partial charge in [-0.15, -0.1) is 0 Å². The van der Waals surface area contributed by atoms with Crippen molar-refractivity contribution in [1.82, 2.24) is 9.62 Å². The average Bonchev–Trinajstić information content (AvgIpc) is 2.47. The molecule has 0 aromatic heterocycles. The molecule has 0 aliphatic carbocycles. The number of aryl methyl sites for hydroxylation is 2. The van der Waals surface area contributed by atoms with Gasteiger partial charge in [-0.2, -0.15) is 12.7 Å². The van der Waals surface area contributed by atoms with Crippen LogP contribution in [0.5, 0.6) is 0 Å². The molecule has 0 saturated carbocycles. The highest BCUT2D eigenvalue weighted by molar-refractivity contribution is 7.90. The van der Waals surface area contributed by atoms with E-state index in [9.17, 15) is 13.2 Å². The van der Waals surface area contributed by atoms with Gasteiger partial charge in [0.2, 0.25) is 5.91 Å². The summed E-state index contributed by atoms with van der Waals surface area (Å²) < 4.78 is 32.3. The molecule has 23 heavy (non-hydrogen) atoms. The first kappa shape index (κ1) is 19.4. The number of amides is 1. The summed E-state index contributed by atoms with van der Waals surface area (Å²) in [6.45, 7) is 4.11. The SMILES string of the molecule is COCCNC(=O)CN(c1cc(C)ccc1C)S(=O)(=O)N(C)C. The fraction of sp³-hybridized carbons (Fsp3) is 0.533. The number of hydrogen-bond acceptors (Lipinski definition) is 4. The second kappa shape index (κ2) is 8.28. The smallest absolute Gasteiger partial charge is 0.304 e. The molecule has 0 spiro atoms. The lowest BCUT2D eigenvalue weighted by Crippen LogP contribution is -2.46. The topological polar surface area (TPSA) is 79.0 Å². The molecule has 8 heteroatoms. The van der Waals surface area contributed by atoms with Crippen molar-refractivity contribution in [3.8, 4) is 0 Å². The third kappa shape index (κ3) is 5.19. The van der Waals surface area contributed by atoms with Crippen LogP contribution in [-0.2, 0) is 19.7 Å². The molecule has 0 heterocycles. The van der Waals surface area contributed by atoms with Crippen molar-refractivity contribution < 1.29 is 17.9 Å². The molecule has 0 aliphatic rings. The van der Waals surface area contributed by atoms with E-state index >= 15 is 0 Å². The molecule has 0 unspecified atom stereocenters. The highest BCUT2D eigenvalue weighted by atomic mass is 32.2. The van der Waals surface area contributed by atoms with Crippen molar-refractivity contribution in [3.05, 3.63) is 29.3 Å². The zero-order chi connectivity index (χ0) is 17.6. The van der Waals surface area contributed by atoms with Gasteiger partial charge >= 0.3 is 10.2 Å². The van der Waals surface area contributed by atoms with Gasteiger partial charge in [0.15, 0.2) is 0 Å². The Morgan fingerprint density at radius 3 is 2.48 bits per heavy atom. The molecule has 0 bridgehead atoms. The molecule has 0 fully saturated rings. The van der Waals surface area contributed by atoms with Gasteiger partial charge in [-0.3, -0.25) is 4.79 Å². The van der Waals surface area contributed by atoms with E-state index in [1.807, 2.05) is 26.0 Å². The lowest BCUT2D eigenvalue weighted by atomic mass is 10.1. The highest BCUT2D eigenvalue weighted by Gasteiger charge is 2.28. The summed E-state index contributed by atoms with van der Waals surface area (Å²) in [7, 11) is 0.632. The average molecular weight is 343 g/mol. The Bertz CT molecular complexity index is 644. The van der Waals surface area contributed by atoms with Crippen molar-refractivity contribution >= 4 is 21.8 Å². The summed E-state index contributed by atoms with van der Waals surface area (Å²) in [6.07, 6.45) is 0. The largest absolute Gasteiger partial charge is 0.383 e. The molecule has 0 aliphatic heterocycles. The fourth-order valence-corrected chi connectivity index (χ4v) is 3.08. The monoisotopic (exact) mass is 343 g/mol. The number of carbonyl (C=O) groups is 1. The first-order valence-corrected chi connectivity index (χ1v) is 8.63. The minimum atomic E-state index is -3.78. The van der Waals surface area contributed by atoms with Gasteiger partial charge < -0.3 is 10.1 Å². The van der Waals surface area contributed by atoms with Gasteiger partial charge in [0.05, 0.1) is 12.3 Å². The number of benzene rings is 1.